The van der Waals surface area contributed by atoms with Gasteiger partial charge in [-0.1, -0.05) is 13.3 Å². The minimum atomic E-state index is 0.781. The third-order valence-corrected chi connectivity index (χ3v) is 7.28. The van der Waals surface area contributed by atoms with Gasteiger partial charge in [0, 0.05) is 11.6 Å². The fourth-order valence-electron chi connectivity index (χ4n) is 6.45. The summed E-state index contributed by atoms with van der Waals surface area (Å²) in [4.78, 5) is 8.92. The molecular formula is C19H28N2. The van der Waals surface area contributed by atoms with E-state index in [1.165, 1.54) is 68.6 Å². The minimum absolute atomic E-state index is 0.781. The average molecular weight is 284 g/mol. The minimum Gasteiger partial charge on any atom is -0.345 e. The van der Waals surface area contributed by atoms with Gasteiger partial charge in [0.05, 0.1) is 5.69 Å². The van der Waals surface area contributed by atoms with Gasteiger partial charge in [-0.3, -0.25) is 0 Å². The first-order valence-electron chi connectivity index (χ1n) is 9.37. The van der Waals surface area contributed by atoms with Gasteiger partial charge in [0.2, 0.25) is 0 Å². The van der Waals surface area contributed by atoms with Crippen molar-refractivity contribution >= 4 is 0 Å². The van der Waals surface area contributed by atoms with Crippen molar-refractivity contribution in [1.82, 2.24) is 9.97 Å². The molecule has 5 aliphatic carbocycles. The van der Waals surface area contributed by atoms with Crippen LogP contribution in [0.25, 0.3) is 0 Å². The second-order valence-electron chi connectivity index (χ2n) is 8.52. The summed E-state index contributed by atoms with van der Waals surface area (Å²) < 4.78 is 0. The fraction of sp³-hybridized carbons (Fsp3) is 0.842. The SMILES string of the molecule is CCC1CCc2nc(C3C4CC5CC(C4)CC3C5)[nH]c2C1. The zero-order valence-electron chi connectivity index (χ0n) is 13.3. The highest BCUT2D eigenvalue weighted by molar-refractivity contribution is 5.22. The predicted molar refractivity (Wildman–Crippen MR) is 84.2 cm³/mol. The molecule has 1 unspecified atom stereocenters. The quantitative estimate of drug-likeness (QED) is 0.853. The van der Waals surface area contributed by atoms with E-state index in [1.54, 1.807) is 6.42 Å². The number of rotatable bonds is 2. The molecule has 21 heavy (non-hydrogen) atoms. The lowest BCUT2D eigenvalue weighted by molar-refractivity contribution is -0.00543. The Kier molecular flexibility index (Phi) is 2.79. The van der Waals surface area contributed by atoms with Crippen LogP contribution in [0.1, 0.15) is 75.0 Å². The molecule has 1 aromatic rings. The zero-order chi connectivity index (χ0) is 14.0. The van der Waals surface area contributed by atoms with Crippen LogP contribution in [0.4, 0.5) is 0 Å². The first-order chi connectivity index (χ1) is 10.3. The summed E-state index contributed by atoms with van der Waals surface area (Å²) in [5.74, 6) is 7.11. The summed E-state index contributed by atoms with van der Waals surface area (Å²) in [5.41, 5.74) is 2.92. The lowest BCUT2D eigenvalue weighted by Gasteiger charge is -2.53. The molecule has 114 valence electrons. The molecule has 2 nitrogen and oxygen atoms in total. The third-order valence-electron chi connectivity index (χ3n) is 7.28. The van der Waals surface area contributed by atoms with Crippen molar-refractivity contribution < 1.29 is 0 Å². The van der Waals surface area contributed by atoms with Gasteiger partial charge in [-0.15, -0.1) is 0 Å². The Hall–Kier alpha value is -0.790. The van der Waals surface area contributed by atoms with Gasteiger partial charge in [-0.2, -0.15) is 0 Å². The largest absolute Gasteiger partial charge is 0.345 e. The monoisotopic (exact) mass is 284 g/mol. The van der Waals surface area contributed by atoms with Gasteiger partial charge in [0.25, 0.3) is 0 Å². The molecule has 0 saturated heterocycles. The average Bonchev–Trinajstić information content (AvgIpc) is 2.88. The van der Waals surface area contributed by atoms with Gasteiger partial charge >= 0.3 is 0 Å². The highest BCUT2D eigenvalue weighted by Crippen LogP contribution is 2.59. The number of imidazole rings is 1. The predicted octanol–water partition coefficient (Wildman–Crippen LogP) is 4.46. The van der Waals surface area contributed by atoms with Crippen LogP contribution < -0.4 is 0 Å². The molecule has 2 heteroatoms. The summed E-state index contributed by atoms with van der Waals surface area (Å²) in [6.45, 7) is 2.34. The molecule has 4 bridgehead atoms. The Labute approximate surface area is 128 Å². The highest BCUT2D eigenvalue weighted by Gasteiger charge is 2.49. The Morgan fingerprint density at radius 3 is 2.43 bits per heavy atom. The number of aryl methyl sites for hydroxylation is 1. The number of hydrogen-bond donors (Lipinski definition) is 1. The first-order valence-corrected chi connectivity index (χ1v) is 9.37. The molecule has 1 atom stereocenters. The second-order valence-corrected chi connectivity index (χ2v) is 8.52. The van der Waals surface area contributed by atoms with Gasteiger partial charge in [0.15, 0.2) is 0 Å². The van der Waals surface area contributed by atoms with E-state index in [-0.39, 0.29) is 0 Å². The zero-order valence-corrected chi connectivity index (χ0v) is 13.3. The molecule has 0 spiro atoms. The molecule has 1 aromatic heterocycles. The van der Waals surface area contributed by atoms with Crippen LogP contribution in [0.5, 0.6) is 0 Å². The van der Waals surface area contributed by atoms with E-state index in [9.17, 15) is 0 Å². The van der Waals surface area contributed by atoms with Crippen LogP contribution in [0.3, 0.4) is 0 Å². The van der Waals surface area contributed by atoms with Crippen molar-refractivity contribution in [3.05, 3.63) is 17.2 Å². The van der Waals surface area contributed by atoms with Crippen LogP contribution in [0.15, 0.2) is 0 Å². The smallest absolute Gasteiger partial charge is 0.110 e. The van der Waals surface area contributed by atoms with E-state index in [4.69, 9.17) is 4.98 Å². The molecule has 6 rings (SSSR count). The summed E-state index contributed by atoms with van der Waals surface area (Å²) in [6, 6.07) is 0. The van der Waals surface area contributed by atoms with Crippen molar-refractivity contribution in [2.75, 3.05) is 0 Å². The maximum atomic E-state index is 5.11. The van der Waals surface area contributed by atoms with Crippen LogP contribution in [-0.4, -0.2) is 9.97 Å². The summed E-state index contributed by atoms with van der Waals surface area (Å²) >= 11 is 0. The van der Waals surface area contributed by atoms with E-state index in [0.717, 1.165) is 35.5 Å². The second kappa shape index (κ2) is 4.60. The normalized spacial score (nSPS) is 44.0. The van der Waals surface area contributed by atoms with Crippen LogP contribution in [-0.2, 0) is 12.8 Å². The van der Waals surface area contributed by atoms with Gasteiger partial charge in [0.1, 0.15) is 5.82 Å². The fourth-order valence-corrected chi connectivity index (χ4v) is 6.45. The van der Waals surface area contributed by atoms with Crippen LogP contribution in [0, 0.1) is 29.6 Å². The lowest BCUT2D eigenvalue weighted by atomic mass is 9.52. The van der Waals surface area contributed by atoms with Crippen molar-refractivity contribution in [3.63, 3.8) is 0 Å². The summed E-state index contributed by atoms with van der Waals surface area (Å²) in [6.07, 6.45) is 12.7. The topological polar surface area (TPSA) is 28.7 Å². The molecule has 1 N–H and O–H groups in total. The number of H-pyrrole nitrogens is 1. The Bertz CT molecular complexity index is 516. The van der Waals surface area contributed by atoms with E-state index in [0.29, 0.717) is 0 Å². The standard InChI is InChI=1S/C19H28N2/c1-2-11-3-4-16-17(10-11)21-19(20-16)18-14-6-12-5-13(8-14)9-15(18)7-12/h11-15,18H,2-10H2,1H3,(H,20,21). The van der Waals surface area contributed by atoms with Crippen molar-refractivity contribution in [2.45, 2.75) is 70.6 Å². The van der Waals surface area contributed by atoms with Crippen molar-refractivity contribution in [1.29, 1.82) is 0 Å². The van der Waals surface area contributed by atoms with Crippen LogP contribution >= 0.6 is 0 Å². The van der Waals surface area contributed by atoms with Crippen LogP contribution in [0.2, 0.25) is 0 Å². The van der Waals surface area contributed by atoms with E-state index < -0.39 is 0 Å². The number of aromatic amines is 1. The first kappa shape index (κ1) is 12.7. The molecule has 5 aliphatic rings. The number of fused-ring (bicyclic) bond motifs is 1. The number of hydrogen-bond acceptors (Lipinski definition) is 1. The van der Waals surface area contributed by atoms with Crippen molar-refractivity contribution in [3.8, 4) is 0 Å². The van der Waals surface area contributed by atoms with Gasteiger partial charge in [-0.05, 0) is 81.0 Å². The molecule has 0 aromatic carbocycles. The lowest BCUT2D eigenvalue weighted by Crippen LogP contribution is -2.44. The Balaban J connectivity index is 1.45. The molecule has 0 aliphatic heterocycles. The summed E-state index contributed by atoms with van der Waals surface area (Å²) in [7, 11) is 0. The van der Waals surface area contributed by atoms with Crippen molar-refractivity contribution in [2.24, 2.45) is 29.6 Å². The molecular weight excluding hydrogens is 256 g/mol. The van der Waals surface area contributed by atoms with Gasteiger partial charge in [-0.25, -0.2) is 4.98 Å². The molecule has 4 fully saturated rings. The summed E-state index contributed by atoms with van der Waals surface area (Å²) in [5, 5.41) is 0. The van der Waals surface area contributed by atoms with E-state index in [2.05, 4.69) is 11.9 Å². The highest BCUT2D eigenvalue weighted by atomic mass is 15.0. The van der Waals surface area contributed by atoms with Gasteiger partial charge < -0.3 is 4.98 Å². The Morgan fingerprint density at radius 1 is 1.05 bits per heavy atom. The molecule has 1 heterocycles. The molecule has 0 amide bonds. The molecule has 0 radical (unpaired) electrons. The maximum absolute atomic E-state index is 5.11. The maximum Gasteiger partial charge on any atom is 0.110 e. The van der Waals surface area contributed by atoms with E-state index in [1.807, 2.05) is 0 Å². The number of nitrogens with one attached hydrogen (secondary N) is 1. The number of nitrogens with zero attached hydrogens (tertiary/aromatic N) is 1. The van der Waals surface area contributed by atoms with E-state index >= 15 is 0 Å². The third kappa shape index (κ3) is 1.94. The molecule has 4 saturated carbocycles. The Morgan fingerprint density at radius 2 is 1.76 bits per heavy atom. The number of aromatic nitrogens is 2.